The van der Waals surface area contributed by atoms with E-state index in [2.05, 4.69) is 19.2 Å². The van der Waals surface area contributed by atoms with Crippen LogP contribution in [0.2, 0.25) is 0 Å². The van der Waals surface area contributed by atoms with Gasteiger partial charge in [-0.25, -0.2) is 0 Å². The highest BCUT2D eigenvalue weighted by Gasteiger charge is 2.28. The van der Waals surface area contributed by atoms with Crippen molar-refractivity contribution in [3.63, 3.8) is 0 Å². The normalized spacial score (nSPS) is 25.0. The monoisotopic (exact) mass is 240 g/mol. The van der Waals surface area contributed by atoms with Gasteiger partial charge >= 0.3 is 0 Å². The molecular weight excluding hydrogens is 212 g/mol. The summed E-state index contributed by atoms with van der Waals surface area (Å²) in [7, 11) is 3.68. The van der Waals surface area contributed by atoms with E-state index in [4.69, 9.17) is 0 Å². The highest BCUT2D eigenvalue weighted by atomic mass is 16.2. The molecule has 1 aliphatic rings. The molecule has 1 heterocycles. The number of hydrogen-bond donors (Lipinski definition) is 1. The lowest BCUT2D eigenvalue weighted by Gasteiger charge is -2.32. The van der Waals surface area contributed by atoms with Crippen molar-refractivity contribution in [2.24, 2.45) is 11.8 Å². The first-order chi connectivity index (χ1) is 8.08. The van der Waals surface area contributed by atoms with Gasteiger partial charge in [-0.05, 0) is 37.6 Å². The molecule has 0 spiro atoms. The number of carbonyl (C=O) groups is 1. The number of likely N-dealkylation sites (N-methyl/N-ethyl adjacent to an activating group) is 1. The Morgan fingerprint density at radius 2 is 2.00 bits per heavy atom. The van der Waals surface area contributed by atoms with Crippen molar-refractivity contribution in [3.05, 3.63) is 0 Å². The maximum absolute atomic E-state index is 11.9. The smallest absolute Gasteiger partial charge is 0.239 e. The van der Waals surface area contributed by atoms with Crippen LogP contribution in [0.4, 0.5) is 0 Å². The number of nitrogens with one attached hydrogen (secondary N) is 1. The van der Waals surface area contributed by atoms with Crippen LogP contribution in [0, 0.1) is 11.8 Å². The molecule has 0 saturated carbocycles. The lowest BCUT2D eigenvalue weighted by molar-refractivity contribution is -0.131. The Hall–Kier alpha value is -0.570. The fourth-order valence-corrected chi connectivity index (χ4v) is 2.80. The first kappa shape index (κ1) is 14.5. The van der Waals surface area contributed by atoms with Crippen LogP contribution in [0.5, 0.6) is 0 Å². The molecule has 0 aromatic rings. The maximum atomic E-state index is 11.9. The SMILES string of the molecule is CCC(CC)CC1CCNC(C(=O)N(C)C)C1. The minimum atomic E-state index is 0.0538. The lowest BCUT2D eigenvalue weighted by Crippen LogP contribution is -2.48. The molecule has 1 saturated heterocycles. The van der Waals surface area contributed by atoms with E-state index in [1.54, 1.807) is 4.90 Å². The van der Waals surface area contributed by atoms with Crippen LogP contribution in [0.25, 0.3) is 0 Å². The van der Waals surface area contributed by atoms with E-state index >= 15 is 0 Å². The molecule has 1 rings (SSSR count). The van der Waals surface area contributed by atoms with Crippen LogP contribution >= 0.6 is 0 Å². The molecular formula is C14H28N2O. The van der Waals surface area contributed by atoms with Crippen molar-refractivity contribution in [1.29, 1.82) is 0 Å². The predicted molar refractivity (Wildman–Crippen MR) is 71.9 cm³/mol. The summed E-state index contributed by atoms with van der Waals surface area (Å²) in [6.45, 7) is 5.55. The second kappa shape index (κ2) is 7.00. The minimum Gasteiger partial charge on any atom is -0.347 e. The largest absolute Gasteiger partial charge is 0.347 e. The van der Waals surface area contributed by atoms with Crippen LogP contribution in [-0.2, 0) is 4.79 Å². The number of hydrogen-bond acceptors (Lipinski definition) is 2. The molecule has 3 heteroatoms. The van der Waals surface area contributed by atoms with Crippen molar-refractivity contribution in [1.82, 2.24) is 10.2 Å². The molecule has 1 N–H and O–H groups in total. The van der Waals surface area contributed by atoms with E-state index < -0.39 is 0 Å². The van der Waals surface area contributed by atoms with Crippen molar-refractivity contribution in [2.75, 3.05) is 20.6 Å². The molecule has 0 bridgehead atoms. The summed E-state index contributed by atoms with van der Waals surface area (Å²) >= 11 is 0. The number of piperidine rings is 1. The van der Waals surface area contributed by atoms with Crippen LogP contribution in [-0.4, -0.2) is 37.5 Å². The molecule has 1 aliphatic heterocycles. The summed E-state index contributed by atoms with van der Waals surface area (Å²) < 4.78 is 0. The zero-order valence-electron chi connectivity index (χ0n) is 11.8. The van der Waals surface area contributed by atoms with Crippen LogP contribution in [0.3, 0.4) is 0 Å². The van der Waals surface area contributed by atoms with Crippen LogP contribution in [0.15, 0.2) is 0 Å². The first-order valence-electron chi connectivity index (χ1n) is 7.03. The lowest BCUT2D eigenvalue weighted by atomic mass is 9.82. The fourth-order valence-electron chi connectivity index (χ4n) is 2.80. The fraction of sp³-hybridized carbons (Fsp3) is 0.929. The third kappa shape index (κ3) is 4.30. The average Bonchev–Trinajstić information content (AvgIpc) is 2.35. The maximum Gasteiger partial charge on any atom is 0.239 e. The minimum absolute atomic E-state index is 0.0538. The Balaban J connectivity index is 2.46. The molecule has 2 unspecified atom stereocenters. The molecule has 17 heavy (non-hydrogen) atoms. The molecule has 0 aromatic heterocycles. The number of rotatable bonds is 5. The van der Waals surface area contributed by atoms with Crippen molar-refractivity contribution < 1.29 is 4.79 Å². The van der Waals surface area contributed by atoms with Crippen molar-refractivity contribution in [2.45, 2.75) is 52.0 Å². The predicted octanol–water partition coefficient (Wildman–Crippen LogP) is 2.27. The van der Waals surface area contributed by atoms with Crippen molar-refractivity contribution >= 4 is 5.91 Å². The zero-order valence-corrected chi connectivity index (χ0v) is 11.8. The molecule has 2 atom stereocenters. The standard InChI is InChI=1S/C14H28N2O/c1-5-11(6-2)9-12-7-8-15-13(10-12)14(17)16(3)4/h11-13,15H,5-10H2,1-4H3. The van der Waals surface area contributed by atoms with E-state index in [0.29, 0.717) is 0 Å². The Morgan fingerprint density at radius 1 is 1.35 bits per heavy atom. The summed E-state index contributed by atoms with van der Waals surface area (Å²) in [5.74, 6) is 1.81. The molecule has 100 valence electrons. The molecule has 0 aliphatic carbocycles. The summed E-state index contributed by atoms with van der Waals surface area (Å²) in [6, 6.07) is 0.0538. The summed E-state index contributed by atoms with van der Waals surface area (Å²) in [5, 5.41) is 3.35. The average molecular weight is 240 g/mol. The number of amides is 1. The number of carbonyl (C=O) groups excluding carboxylic acids is 1. The third-order valence-corrected chi connectivity index (χ3v) is 4.07. The third-order valence-electron chi connectivity index (χ3n) is 4.07. The van der Waals surface area contributed by atoms with Gasteiger partial charge in [0.2, 0.25) is 5.91 Å². The van der Waals surface area contributed by atoms with Gasteiger partial charge in [0.15, 0.2) is 0 Å². The van der Waals surface area contributed by atoms with Gasteiger partial charge in [0.25, 0.3) is 0 Å². The van der Waals surface area contributed by atoms with Crippen LogP contribution in [0.1, 0.15) is 46.0 Å². The second-order valence-electron chi connectivity index (χ2n) is 5.55. The Labute approximate surface area is 106 Å². The van der Waals surface area contributed by atoms with Gasteiger partial charge < -0.3 is 10.2 Å². The van der Waals surface area contributed by atoms with E-state index in [1.807, 2.05) is 14.1 Å². The highest BCUT2D eigenvalue weighted by molar-refractivity contribution is 5.81. The van der Waals surface area contributed by atoms with Gasteiger partial charge in [-0.2, -0.15) is 0 Å². The second-order valence-corrected chi connectivity index (χ2v) is 5.55. The van der Waals surface area contributed by atoms with E-state index in [9.17, 15) is 4.79 Å². The summed E-state index contributed by atoms with van der Waals surface area (Å²) in [5.41, 5.74) is 0. The van der Waals surface area contributed by atoms with Gasteiger partial charge in [0.05, 0.1) is 6.04 Å². The van der Waals surface area contributed by atoms with Gasteiger partial charge in [-0.3, -0.25) is 4.79 Å². The van der Waals surface area contributed by atoms with Crippen LogP contribution < -0.4 is 5.32 Å². The Kier molecular flexibility index (Phi) is 5.96. The number of nitrogens with zero attached hydrogens (tertiary/aromatic N) is 1. The summed E-state index contributed by atoms with van der Waals surface area (Å²) in [6.07, 6.45) is 6.09. The van der Waals surface area contributed by atoms with Gasteiger partial charge in [-0.1, -0.05) is 26.7 Å². The molecule has 0 radical (unpaired) electrons. The first-order valence-corrected chi connectivity index (χ1v) is 7.03. The molecule has 1 amide bonds. The zero-order chi connectivity index (χ0) is 12.8. The molecule has 3 nitrogen and oxygen atoms in total. The Bertz CT molecular complexity index is 236. The molecule has 0 aromatic carbocycles. The van der Waals surface area contributed by atoms with Gasteiger partial charge in [0.1, 0.15) is 0 Å². The molecule has 1 fully saturated rings. The topological polar surface area (TPSA) is 32.3 Å². The quantitative estimate of drug-likeness (QED) is 0.799. The highest BCUT2D eigenvalue weighted by Crippen LogP contribution is 2.27. The van der Waals surface area contributed by atoms with E-state index in [1.165, 1.54) is 25.7 Å². The van der Waals surface area contributed by atoms with E-state index in [0.717, 1.165) is 24.8 Å². The Morgan fingerprint density at radius 3 is 2.53 bits per heavy atom. The van der Waals surface area contributed by atoms with Gasteiger partial charge in [-0.15, -0.1) is 0 Å². The van der Waals surface area contributed by atoms with E-state index in [-0.39, 0.29) is 11.9 Å². The van der Waals surface area contributed by atoms with Crippen molar-refractivity contribution in [3.8, 4) is 0 Å². The van der Waals surface area contributed by atoms with Gasteiger partial charge in [0, 0.05) is 14.1 Å². The summed E-state index contributed by atoms with van der Waals surface area (Å²) in [4.78, 5) is 13.6.